The molecule has 0 aliphatic heterocycles. The normalized spacial score (nSPS) is 10.6. The number of carbonyl (C=O) groups excluding carboxylic acids is 1. The number of thioether (sulfide) groups is 1. The van der Waals surface area contributed by atoms with Gasteiger partial charge in [-0.3, -0.25) is 4.79 Å². The van der Waals surface area contributed by atoms with E-state index in [9.17, 15) is 4.79 Å². The van der Waals surface area contributed by atoms with Crippen LogP contribution in [0.2, 0.25) is 0 Å². The summed E-state index contributed by atoms with van der Waals surface area (Å²) in [5, 5.41) is 0. The third-order valence-electron chi connectivity index (χ3n) is 4.05. The lowest BCUT2D eigenvalue weighted by molar-refractivity contribution is -0.131. The molecule has 0 radical (unpaired) electrons. The van der Waals surface area contributed by atoms with Crippen LogP contribution >= 0.6 is 11.8 Å². The lowest BCUT2D eigenvalue weighted by Gasteiger charge is -2.13. The van der Waals surface area contributed by atoms with Gasteiger partial charge < -0.3 is 4.74 Å². The molecule has 0 saturated carbocycles. The molecule has 0 aliphatic carbocycles. The average Bonchev–Trinajstić information content (AvgIpc) is 2.61. The highest BCUT2D eigenvalue weighted by Gasteiger charge is 2.11. The van der Waals surface area contributed by atoms with Crippen LogP contribution in [0.15, 0.2) is 53.4 Å². The lowest BCUT2D eigenvalue weighted by Crippen LogP contribution is -2.05. The number of rotatable bonds is 10. The van der Waals surface area contributed by atoms with Crippen molar-refractivity contribution < 1.29 is 9.53 Å². The van der Waals surface area contributed by atoms with Crippen LogP contribution in [-0.4, -0.2) is 11.7 Å². The number of hydrogen-bond acceptors (Lipinski definition) is 3. The van der Waals surface area contributed by atoms with E-state index in [0.717, 1.165) is 30.8 Å². The Morgan fingerprint density at radius 3 is 2.48 bits per heavy atom. The fourth-order valence-electron chi connectivity index (χ4n) is 2.86. The molecule has 0 aromatic heterocycles. The maximum absolute atomic E-state index is 11.3. The van der Waals surface area contributed by atoms with Gasteiger partial charge in [0.2, 0.25) is 0 Å². The van der Waals surface area contributed by atoms with Crippen molar-refractivity contribution in [2.45, 2.75) is 57.3 Å². The molecule has 134 valence electrons. The summed E-state index contributed by atoms with van der Waals surface area (Å²) < 4.78 is 5.38. The minimum absolute atomic E-state index is 0.250. The van der Waals surface area contributed by atoms with E-state index < -0.39 is 0 Å². The molecule has 25 heavy (non-hydrogen) atoms. The topological polar surface area (TPSA) is 26.3 Å². The monoisotopic (exact) mass is 356 g/mol. The van der Waals surface area contributed by atoms with E-state index in [4.69, 9.17) is 4.74 Å². The number of hydrogen-bond donors (Lipinski definition) is 0. The standard InChI is InChI=1S/C22H28O2S/c1-3-11-20-21(24-18(2)23)15-10-16-22(20)25-17-9-5-8-14-19-12-6-4-7-13-19/h4,6-7,10,12-13,15-16H,3,5,8-9,11,14,17H2,1-2H3. The first-order valence-electron chi connectivity index (χ1n) is 9.17. The minimum atomic E-state index is -0.250. The Kier molecular flexibility index (Phi) is 8.61. The van der Waals surface area contributed by atoms with Crippen LogP contribution < -0.4 is 4.74 Å². The second-order valence-electron chi connectivity index (χ2n) is 6.22. The Hall–Kier alpha value is -1.74. The number of aryl methyl sites for hydroxylation is 1. The van der Waals surface area contributed by atoms with Gasteiger partial charge in [-0.05, 0) is 49.1 Å². The van der Waals surface area contributed by atoms with Crippen LogP contribution in [0.5, 0.6) is 5.75 Å². The van der Waals surface area contributed by atoms with Crippen LogP contribution in [0, 0.1) is 0 Å². The highest BCUT2D eigenvalue weighted by atomic mass is 32.2. The predicted octanol–water partition coefficient (Wildman–Crippen LogP) is 6.07. The van der Waals surface area contributed by atoms with Crippen molar-refractivity contribution in [3.05, 3.63) is 59.7 Å². The number of unbranched alkanes of at least 4 members (excludes halogenated alkanes) is 2. The zero-order chi connectivity index (χ0) is 17.9. The Bertz CT molecular complexity index is 652. The van der Waals surface area contributed by atoms with E-state index in [1.165, 1.54) is 42.2 Å². The molecule has 0 fully saturated rings. The van der Waals surface area contributed by atoms with Gasteiger partial charge in [-0.2, -0.15) is 0 Å². The molecular weight excluding hydrogens is 328 g/mol. The summed E-state index contributed by atoms with van der Waals surface area (Å²) in [6, 6.07) is 16.7. The SMILES string of the molecule is CCCc1c(OC(C)=O)cccc1SCCCCCc1ccccc1. The van der Waals surface area contributed by atoms with Crippen LogP contribution in [0.3, 0.4) is 0 Å². The van der Waals surface area contributed by atoms with Gasteiger partial charge in [0, 0.05) is 17.4 Å². The van der Waals surface area contributed by atoms with E-state index >= 15 is 0 Å². The van der Waals surface area contributed by atoms with E-state index in [0.29, 0.717) is 0 Å². The lowest BCUT2D eigenvalue weighted by atomic mass is 10.1. The minimum Gasteiger partial charge on any atom is -0.426 e. The smallest absolute Gasteiger partial charge is 0.308 e. The van der Waals surface area contributed by atoms with Crippen molar-refractivity contribution in [2.24, 2.45) is 0 Å². The highest BCUT2D eigenvalue weighted by molar-refractivity contribution is 7.99. The molecule has 2 nitrogen and oxygen atoms in total. The van der Waals surface area contributed by atoms with Gasteiger partial charge in [0.15, 0.2) is 0 Å². The van der Waals surface area contributed by atoms with Crippen molar-refractivity contribution in [1.82, 2.24) is 0 Å². The van der Waals surface area contributed by atoms with Crippen LogP contribution in [0.1, 0.15) is 50.7 Å². The van der Waals surface area contributed by atoms with Crippen molar-refractivity contribution in [1.29, 1.82) is 0 Å². The molecule has 2 aromatic carbocycles. The van der Waals surface area contributed by atoms with E-state index in [2.05, 4.69) is 43.3 Å². The number of benzene rings is 2. The van der Waals surface area contributed by atoms with Gasteiger partial charge >= 0.3 is 5.97 Å². The van der Waals surface area contributed by atoms with Gasteiger partial charge in [0.25, 0.3) is 0 Å². The fraction of sp³-hybridized carbons (Fsp3) is 0.409. The summed E-state index contributed by atoms with van der Waals surface area (Å²) in [5.41, 5.74) is 2.60. The van der Waals surface area contributed by atoms with Crippen molar-refractivity contribution in [2.75, 3.05) is 5.75 Å². The zero-order valence-electron chi connectivity index (χ0n) is 15.3. The van der Waals surface area contributed by atoms with Crippen LogP contribution in [0.25, 0.3) is 0 Å². The molecule has 3 heteroatoms. The second kappa shape index (κ2) is 11.0. The van der Waals surface area contributed by atoms with Gasteiger partial charge in [0.1, 0.15) is 5.75 Å². The number of carbonyl (C=O) groups is 1. The Morgan fingerprint density at radius 2 is 1.76 bits per heavy atom. The average molecular weight is 357 g/mol. The number of esters is 1. The fourth-order valence-corrected chi connectivity index (χ4v) is 3.98. The molecule has 0 N–H and O–H groups in total. The number of ether oxygens (including phenoxy) is 1. The van der Waals surface area contributed by atoms with Gasteiger partial charge in [-0.1, -0.05) is 56.2 Å². The van der Waals surface area contributed by atoms with Crippen LogP contribution in [-0.2, 0) is 17.6 Å². The summed E-state index contributed by atoms with van der Waals surface area (Å²) in [4.78, 5) is 12.6. The molecule has 2 aromatic rings. The molecule has 0 saturated heterocycles. The summed E-state index contributed by atoms with van der Waals surface area (Å²) >= 11 is 1.88. The van der Waals surface area contributed by atoms with Gasteiger partial charge in [-0.25, -0.2) is 0 Å². The zero-order valence-corrected chi connectivity index (χ0v) is 16.1. The third-order valence-corrected chi connectivity index (χ3v) is 5.24. The summed E-state index contributed by atoms with van der Waals surface area (Å²) in [6.45, 7) is 3.62. The first-order valence-corrected chi connectivity index (χ1v) is 10.2. The first kappa shape index (κ1) is 19.6. The molecule has 0 aliphatic rings. The summed E-state index contributed by atoms with van der Waals surface area (Å²) in [6.07, 6.45) is 6.84. The molecular formula is C22H28O2S. The molecule has 0 heterocycles. The molecule has 0 spiro atoms. The van der Waals surface area contributed by atoms with Crippen molar-refractivity contribution in [3.63, 3.8) is 0 Å². The van der Waals surface area contributed by atoms with Crippen molar-refractivity contribution >= 4 is 17.7 Å². The third kappa shape index (κ3) is 6.95. The van der Waals surface area contributed by atoms with E-state index in [-0.39, 0.29) is 5.97 Å². The quantitative estimate of drug-likeness (QED) is 0.224. The molecule has 2 rings (SSSR count). The maximum atomic E-state index is 11.3. The molecule has 0 amide bonds. The first-order chi connectivity index (χ1) is 12.2. The predicted molar refractivity (Wildman–Crippen MR) is 106 cm³/mol. The van der Waals surface area contributed by atoms with Crippen LogP contribution in [0.4, 0.5) is 0 Å². The largest absolute Gasteiger partial charge is 0.426 e. The Labute approximate surface area is 156 Å². The molecule has 0 bridgehead atoms. The Morgan fingerprint density at radius 1 is 0.960 bits per heavy atom. The maximum Gasteiger partial charge on any atom is 0.308 e. The summed E-state index contributed by atoms with van der Waals surface area (Å²) in [5.74, 6) is 1.58. The molecule has 0 unspecified atom stereocenters. The van der Waals surface area contributed by atoms with E-state index in [1.54, 1.807) is 0 Å². The van der Waals surface area contributed by atoms with Crippen molar-refractivity contribution in [3.8, 4) is 5.75 Å². The highest BCUT2D eigenvalue weighted by Crippen LogP contribution is 2.32. The molecule has 0 atom stereocenters. The van der Waals surface area contributed by atoms with E-state index in [1.807, 2.05) is 23.9 Å². The van der Waals surface area contributed by atoms with Gasteiger partial charge in [-0.15, -0.1) is 11.8 Å². The summed E-state index contributed by atoms with van der Waals surface area (Å²) in [7, 11) is 0. The Balaban J connectivity index is 1.80. The second-order valence-corrected chi connectivity index (χ2v) is 7.36. The van der Waals surface area contributed by atoms with Gasteiger partial charge in [0.05, 0.1) is 0 Å².